The molecule has 0 saturated carbocycles. The number of carbonyl (C=O) groups is 1. The van der Waals surface area contributed by atoms with Crippen molar-refractivity contribution in [1.29, 1.82) is 0 Å². The molecule has 0 N–H and O–H groups in total. The van der Waals surface area contributed by atoms with Crippen LogP contribution in [0.3, 0.4) is 0 Å². The van der Waals surface area contributed by atoms with Crippen molar-refractivity contribution < 1.29 is 9.63 Å². The van der Waals surface area contributed by atoms with Gasteiger partial charge in [0, 0.05) is 32.1 Å². The maximum absolute atomic E-state index is 11.9. The Balaban J connectivity index is 1.83. The molecule has 0 amide bonds. The molecule has 114 valence electrons. The summed E-state index contributed by atoms with van der Waals surface area (Å²) in [4.78, 5) is 17.0. The third kappa shape index (κ3) is 4.83. The Bertz CT molecular complexity index is 667. The number of benzene rings is 2. The van der Waals surface area contributed by atoms with Crippen LogP contribution in [0.25, 0.3) is 0 Å². The van der Waals surface area contributed by atoms with Crippen LogP contribution in [0.5, 0.6) is 0 Å². The van der Waals surface area contributed by atoms with Crippen LogP contribution >= 0.6 is 39.1 Å². The molecule has 0 aliphatic rings. The number of hydrogen-bond acceptors (Lipinski definition) is 3. The van der Waals surface area contributed by atoms with Crippen LogP contribution in [0.2, 0.25) is 10.0 Å². The Morgan fingerprint density at radius 3 is 2.41 bits per heavy atom. The lowest BCUT2D eigenvalue weighted by Gasteiger charge is -2.04. The summed E-state index contributed by atoms with van der Waals surface area (Å²) < 4.78 is 0.928. The number of oxime groups is 1. The van der Waals surface area contributed by atoms with Gasteiger partial charge in [-0.1, -0.05) is 62.5 Å². The van der Waals surface area contributed by atoms with E-state index in [4.69, 9.17) is 28.0 Å². The third-order valence-corrected chi connectivity index (χ3v) is 4.10. The summed E-state index contributed by atoms with van der Waals surface area (Å²) in [7, 11) is 0. The summed E-state index contributed by atoms with van der Waals surface area (Å²) in [6.07, 6.45) is 1.59. The fourth-order valence-corrected chi connectivity index (χ4v) is 2.47. The molecule has 0 heterocycles. The minimum Gasteiger partial charge on any atom is -0.391 e. The highest BCUT2D eigenvalue weighted by Crippen LogP contribution is 2.24. The molecule has 0 unspecified atom stereocenters. The van der Waals surface area contributed by atoms with E-state index in [9.17, 15) is 4.79 Å². The molecule has 0 bridgehead atoms. The van der Waals surface area contributed by atoms with Crippen LogP contribution in [0, 0.1) is 0 Å². The number of ketones is 1. The van der Waals surface area contributed by atoms with Gasteiger partial charge in [0.25, 0.3) is 0 Å². The Morgan fingerprint density at radius 2 is 1.77 bits per heavy atom. The standard InChI is InChI=1S/C16H12BrCl2NO2/c17-12-6-4-11(5-7-12)16(21)8-9-20-22-10-13-14(18)2-1-3-15(13)19/h1-7,9H,8,10H2. The van der Waals surface area contributed by atoms with Crippen LogP contribution in [-0.2, 0) is 11.4 Å². The quantitative estimate of drug-likeness (QED) is 0.363. The van der Waals surface area contributed by atoms with Crippen molar-refractivity contribution in [3.8, 4) is 0 Å². The van der Waals surface area contributed by atoms with E-state index in [2.05, 4.69) is 21.1 Å². The van der Waals surface area contributed by atoms with Gasteiger partial charge >= 0.3 is 0 Å². The van der Waals surface area contributed by atoms with E-state index in [0.717, 1.165) is 4.47 Å². The van der Waals surface area contributed by atoms with Gasteiger partial charge in [0.1, 0.15) is 6.61 Å². The Morgan fingerprint density at radius 1 is 1.14 bits per heavy atom. The minimum absolute atomic E-state index is 0.0318. The number of rotatable bonds is 6. The van der Waals surface area contributed by atoms with Crippen molar-refractivity contribution in [3.05, 3.63) is 68.1 Å². The number of hydrogen-bond donors (Lipinski definition) is 0. The van der Waals surface area contributed by atoms with E-state index >= 15 is 0 Å². The van der Waals surface area contributed by atoms with Crippen LogP contribution in [-0.4, -0.2) is 12.0 Å². The molecule has 3 nitrogen and oxygen atoms in total. The van der Waals surface area contributed by atoms with Gasteiger partial charge in [-0.2, -0.15) is 0 Å². The molecular formula is C16H12BrCl2NO2. The molecule has 0 saturated heterocycles. The lowest BCUT2D eigenvalue weighted by molar-refractivity contribution is 0.0996. The SMILES string of the molecule is O=C(CC=NOCc1c(Cl)cccc1Cl)c1ccc(Br)cc1. The average Bonchev–Trinajstić information content (AvgIpc) is 2.50. The first-order valence-corrected chi connectivity index (χ1v) is 7.98. The third-order valence-electron chi connectivity index (χ3n) is 2.86. The second-order valence-corrected chi connectivity index (χ2v) is 6.13. The van der Waals surface area contributed by atoms with Crippen LogP contribution in [0.15, 0.2) is 52.1 Å². The zero-order valence-corrected chi connectivity index (χ0v) is 14.5. The predicted octanol–water partition coefficient (Wildman–Crippen LogP) is 5.53. The molecule has 0 spiro atoms. The molecule has 0 atom stereocenters. The molecule has 0 aliphatic heterocycles. The lowest BCUT2D eigenvalue weighted by atomic mass is 10.1. The second kappa shape index (κ2) is 8.32. The maximum Gasteiger partial charge on any atom is 0.168 e. The first kappa shape index (κ1) is 17.0. The maximum atomic E-state index is 11.9. The highest BCUT2D eigenvalue weighted by atomic mass is 79.9. The Labute approximate surface area is 147 Å². The second-order valence-electron chi connectivity index (χ2n) is 4.40. The van der Waals surface area contributed by atoms with Crippen molar-refractivity contribution in [2.75, 3.05) is 0 Å². The zero-order valence-electron chi connectivity index (χ0n) is 11.4. The largest absolute Gasteiger partial charge is 0.391 e. The van der Waals surface area contributed by atoms with Gasteiger partial charge in [0.05, 0.1) is 6.21 Å². The summed E-state index contributed by atoms with van der Waals surface area (Å²) in [6.45, 7) is 0.154. The van der Waals surface area contributed by atoms with Gasteiger partial charge < -0.3 is 4.84 Å². The van der Waals surface area contributed by atoms with Gasteiger partial charge in [-0.25, -0.2) is 0 Å². The summed E-state index contributed by atoms with van der Waals surface area (Å²) >= 11 is 15.3. The first-order valence-electron chi connectivity index (χ1n) is 6.43. The van der Waals surface area contributed by atoms with Gasteiger partial charge in [-0.05, 0) is 24.3 Å². The van der Waals surface area contributed by atoms with Crippen LogP contribution < -0.4 is 0 Å². The molecule has 2 aromatic rings. The number of Topliss-reactive ketones (excluding diaryl/α,β-unsaturated/α-hetero) is 1. The highest BCUT2D eigenvalue weighted by molar-refractivity contribution is 9.10. The Hall–Kier alpha value is -1.36. The highest BCUT2D eigenvalue weighted by Gasteiger charge is 2.06. The van der Waals surface area contributed by atoms with Crippen molar-refractivity contribution in [2.24, 2.45) is 5.16 Å². The smallest absolute Gasteiger partial charge is 0.168 e. The Kier molecular flexibility index (Phi) is 6.43. The predicted molar refractivity (Wildman–Crippen MR) is 92.8 cm³/mol. The van der Waals surface area contributed by atoms with Gasteiger partial charge in [0.2, 0.25) is 0 Å². The summed E-state index contributed by atoms with van der Waals surface area (Å²) in [5.74, 6) is -0.0318. The minimum atomic E-state index is -0.0318. The normalized spacial score (nSPS) is 10.9. The molecule has 22 heavy (non-hydrogen) atoms. The van der Waals surface area contributed by atoms with Crippen molar-refractivity contribution >= 4 is 51.1 Å². The summed E-state index contributed by atoms with van der Waals surface area (Å²) in [5.41, 5.74) is 1.30. The van der Waals surface area contributed by atoms with Gasteiger partial charge in [-0.15, -0.1) is 0 Å². The van der Waals surface area contributed by atoms with Crippen molar-refractivity contribution in [1.82, 2.24) is 0 Å². The monoisotopic (exact) mass is 399 g/mol. The molecule has 0 fully saturated rings. The number of halogens is 3. The van der Waals surface area contributed by atoms with Crippen LogP contribution in [0.4, 0.5) is 0 Å². The number of nitrogens with zero attached hydrogens (tertiary/aromatic N) is 1. The van der Waals surface area contributed by atoms with Crippen molar-refractivity contribution in [3.63, 3.8) is 0 Å². The van der Waals surface area contributed by atoms with E-state index in [1.54, 1.807) is 30.3 Å². The van der Waals surface area contributed by atoms with E-state index in [1.165, 1.54) is 6.21 Å². The average molecular weight is 401 g/mol. The molecule has 2 rings (SSSR count). The number of carbonyl (C=O) groups excluding carboxylic acids is 1. The van der Waals surface area contributed by atoms with E-state index < -0.39 is 0 Å². The van der Waals surface area contributed by atoms with Gasteiger partial charge in [-0.3, -0.25) is 4.79 Å². The summed E-state index contributed by atoms with van der Waals surface area (Å²) in [6, 6.07) is 12.4. The molecule has 6 heteroatoms. The molecular weight excluding hydrogens is 389 g/mol. The van der Waals surface area contributed by atoms with E-state index in [-0.39, 0.29) is 18.8 Å². The zero-order chi connectivity index (χ0) is 15.9. The first-order chi connectivity index (χ1) is 10.6. The van der Waals surface area contributed by atoms with E-state index in [0.29, 0.717) is 21.2 Å². The van der Waals surface area contributed by atoms with Crippen LogP contribution in [0.1, 0.15) is 22.3 Å². The van der Waals surface area contributed by atoms with Crippen molar-refractivity contribution in [2.45, 2.75) is 13.0 Å². The molecule has 2 aromatic carbocycles. The summed E-state index contributed by atoms with van der Waals surface area (Å²) in [5, 5.41) is 4.80. The van der Waals surface area contributed by atoms with E-state index in [1.807, 2.05) is 12.1 Å². The molecule has 0 aliphatic carbocycles. The topological polar surface area (TPSA) is 38.7 Å². The fourth-order valence-electron chi connectivity index (χ4n) is 1.70. The molecule has 0 aromatic heterocycles. The van der Waals surface area contributed by atoms with Gasteiger partial charge in [0.15, 0.2) is 5.78 Å². The lowest BCUT2D eigenvalue weighted by Crippen LogP contribution is -1.99. The molecule has 0 radical (unpaired) electrons. The fraction of sp³-hybridized carbons (Fsp3) is 0.125.